The van der Waals surface area contributed by atoms with E-state index in [0.717, 1.165) is 0 Å². The van der Waals surface area contributed by atoms with E-state index in [9.17, 15) is 9.18 Å². The fraction of sp³-hybridized carbons (Fsp3) is 0.357. The van der Waals surface area contributed by atoms with Crippen LogP contribution >= 0.6 is 0 Å². The molecule has 1 atom stereocenters. The van der Waals surface area contributed by atoms with Crippen molar-refractivity contribution in [1.29, 1.82) is 0 Å². The quantitative estimate of drug-likeness (QED) is 0.805. The Balaban J connectivity index is 3.27. The summed E-state index contributed by atoms with van der Waals surface area (Å²) in [6.45, 7) is 5.94. The molecular weight excluding hydrogens is 249 g/mol. The third-order valence-electron chi connectivity index (χ3n) is 2.60. The van der Waals surface area contributed by atoms with Gasteiger partial charge in [-0.3, -0.25) is 0 Å². The van der Waals surface area contributed by atoms with Gasteiger partial charge in [-0.25, -0.2) is 9.18 Å². The molecule has 1 N–H and O–H groups in total. The summed E-state index contributed by atoms with van der Waals surface area (Å²) >= 11 is 0. The molecule has 0 amide bonds. The Morgan fingerprint density at radius 1 is 1.53 bits per heavy atom. The first-order valence-electron chi connectivity index (χ1n) is 5.83. The second-order valence-electron chi connectivity index (χ2n) is 4.08. The molecule has 0 spiro atoms. The number of methoxy groups -OCH3 is 2. The van der Waals surface area contributed by atoms with Crippen molar-refractivity contribution in [2.75, 3.05) is 26.1 Å². The fourth-order valence-corrected chi connectivity index (χ4v) is 1.76. The zero-order valence-electron chi connectivity index (χ0n) is 11.3. The first-order valence-corrected chi connectivity index (χ1v) is 5.83. The highest BCUT2D eigenvalue weighted by Gasteiger charge is 2.21. The van der Waals surface area contributed by atoms with Crippen LogP contribution in [0.1, 0.15) is 22.8 Å². The van der Waals surface area contributed by atoms with E-state index in [4.69, 9.17) is 4.74 Å². The predicted octanol–water partition coefficient (Wildman–Crippen LogP) is 2.70. The first-order chi connectivity index (χ1) is 9.04. The van der Waals surface area contributed by atoms with Crippen LogP contribution in [0.3, 0.4) is 0 Å². The summed E-state index contributed by atoms with van der Waals surface area (Å²) in [5.41, 5.74) is 0.874. The number of nitrogens with one attached hydrogen (secondary N) is 1. The Bertz CT molecular complexity index is 474. The summed E-state index contributed by atoms with van der Waals surface area (Å²) < 4.78 is 23.5. The van der Waals surface area contributed by atoms with Crippen molar-refractivity contribution in [3.63, 3.8) is 0 Å². The van der Waals surface area contributed by atoms with Crippen molar-refractivity contribution in [1.82, 2.24) is 0 Å². The number of carbonyl (C=O) groups excluding carboxylic acids is 1. The minimum atomic E-state index is -0.728. The number of esters is 1. The van der Waals surface area contributed by atoms with Crippen molar-refractivity contribution in [2.24, 2.45) is 0 Å². The smallest absolute Gasteiger partial charge is 0.343 e. The molecule has 0 radical (unpaired) electrons. The zero-order valence-corrected chi connectivity index (χ0v) is 11.3. The van der Waals surface area contributed by atoms with Crippen LogP contribution in [0, 0.1) is 5.82 Å². The zero-order chi connectivity index (χ0) is 14.4. The van der Waals surface area contributed by atoms with Crippen LogP contribution in [-0.2, 0) is 9.47 Å². The first kappa shape index (κ1) is 15.2. The van der Waals surface area contributed by atoms with Crippen molar-refractivity contribution in [2.45, 2.75) is 13.0 Å². The molecule has 0 aliphatic carbocycles. The molecule has 104 valence electrons. The Kier molecular flexibility index (Phi) is 5.51. The van der Waals surface area contributed by atoms with E-state index in [-0.39, 0.29) is 11.6 Å². The normalized spacial score (nSPS) is 11.8. The average molecular weight is 267 g/mol. The summed E-state index contributed by atoms with van der Waals surface area (Å²) in [5.74, 6) is -1.36. The number of anilines is 1. The molecule has 1 aromatic rings. The number of hydrogen-bond donors (Lipinski definition) is 1. The van der Waals surface area contributed by atoms with E-state index in [2.05, 4.69) is 16.6 Å². The van der Waals surface area contributed by atoms with Crippen LogP contribution in [0.2, 0.25) is 0 Å². The molecule has 1 aromatic carbocycles. The van der Waals surface area contributed by atoms with Gasteiger partial charge in [0.15, 0.2) is 0 Å². The van der Waals surface area contributed by atoms with Gasteiger partial charge in [0, 0.05) is 13.2 Å². The molecule has 1 rings (SSSR count). The Hall–Kier alpha value is -1.88. The monoisotopic (exact) mass is 267 g/mol. The second-order valence-corrected chi connectivity index (χ2v) is 4.08. The molecule has 0 saturated carbocycles. The second kappa shape index (κ2) is 6.89. The Morgan fingerprint density at radius 3 is 2.74 bits per heavy atom. The maximum atomic E-state index is 13.8. The molecule has 0 bridgehead atoms. The largest absolute Gasteiger partial charge is 0.465 e. The average Bonchev–Trinajstić information content (AvgIpc) is 2.38. The molecule has 0 aliphatic rings. The fourth-order valence-electron chi connectivity index (χ4n) is 1.76. The van der Waals surface area contributed by atoms with Gasteiger partial charge in [-0.15, -0.1) is 0 Å². The number of benzene rings is 1. The lowest BCUT2D eigenvalue weighted by atomic mass is 10.1. The van der Waals surface area contributed by atoms with Gasteiger partial charge in [0.1, 0.15) is 11.4 Å². The summed E-state index contributed by atoms with van der Waals surface area (Å²) in [6.07, 6.45) is 1.55. The van der Waals surface area contributed by atoms with Gasteiger partial charge in [-0.05, 0) is 24.6 Å². The lowest BCUT2D eigenvalue weighted by Gasteiger charge is -2.19. The van der Waals surface area contributed by atoms with E-state index in [1.54, 1.807) is 19.3 Å². The lowest BCUT2D eigenvalue weighted by molar-refractivity contribution is 0.0596. The van der Waals surface area contributed by atoms with Crippen LogP contribution in [-0.4, -0.2) is 32.8 Å². The van der Waals surface area contributed by atoms with E-state index in [1.807, 2.05) is 6.92 Å². The van der Waals surface area contributed by atoms with Gasteiger partial charge in [0.05, 0.1) is 19.4 Å². The highest BCUT2D eigenvalue weighted by molar-refractivity contribution is 5.98. The van der Waals surface area contributed by atoms with Gasteiger partial charge in [-0.1, -0.05) is 12.7 Å². The van der Waals surface area contributed by atoms with Crippen molar-refractivity contribution in [3.8, 4) is 0 Å². The lowest BCUT2D eigenvalue weighted by Crippen LogP contribution is -2.23. The molecule has 0 fully saturated rings. The highest BCUT2D eigenvalue weighted by atomic mass is 19.1. The van der Waals surface area contributed by atoms with Gasteiger partial charge in [0.2, 0.25) is 0 Å². The number of hydrogen-bond acceptors (Lipinski definition) is 4. The number of ether oxygens (including phenoxy) is 2. The standard InChI is InChI=1S/C14H18FNO3/c1-5-10-6-7-11(15)12(14(17)19-4)13(10)16-9(2)8-18-3/h5-7,9,16H,1,8H2,2-4H3/t9-/m0/s1. The van der Waals surface area contributed by atoms with Crippen molar-refractivity contribution < 1.29 is 18.7 Å². The van der Waals surface area contributed by atoms with Crippen molar-refractivity contribution in [3.05, 3.63) is 35.7 Å². The predicted molar refractivity (Wildman–Crippen MR) is 72.8 cm³/mol. The summed E-state index contributed by atoms with van der Waals surface area (Å²) in [6, 6.07) is 2.68. The molecule has 4 nitrogen and oxygen atoms in total. The Labute approximate surface area is 112 Å². The molecule has 5 heteroatoms. The topological polar surface area (TPSA) is 47.6 Å². The summed E-state index contributed by atoms with van der Waals surface area (Å²) in [5, 5.41) is 3.05. The van der Waals surface area contributed by atoms with Crippen LogP contribution in [0.15, 0.2) is 18.7 Å². The third-order valence-corrected chi connectivity index (χ3v) is 2.60. The van der Waals surface area contributed by atoms with Gasteiger partial charge < -0.3 is 14.8 Å². The molecule has 0 aromatic heterocycles. The van der Waals surface area contributed by atoms with Crippen LogP contribution in [0.25, 0.3) is 6.08 Å². The van der Waals surface area contributed by atoms with Gasteiger partial charge in [-0.2, -0.15) is 0 Å². The van der Waals surface area contributed by atoms with Crippen LogP contribution < -0.4 is 5.32 Å². The maximum Gasteiger partial charge on any atom is 0.343 e. The molecule has 19 heavy (non-hydrogen) atoms. The van der Waals surface area contributed by atoms with Crippen LogP contribution in [0.4, 0.5) is 10.1 Å². The highest BCUT2D eigenvalue weighted by Crippen LogP contribution is 2.26. The van der Waals surface area contributed by atoms with Crippen LogP contribution in [0.5, 0.6) is 0 Å². The molecule has 0 aliphatic heterocycles. The van der Waals surface area contributed by atoms with E-state index in [1.165, 1.54) is 13.2 Å². The van der Waals surface area contributed by atoms with E-state index < -0.39 is 11.8 Å². The SMILES string of the molecule is C=Cc1ccc(F)c(C(=O)OC)c1N[C@@H](C)COC. The van der Waals surface area contributed by atoms with Gasteiger partial charge >= 0.3 is 5.97 Å². The number of carbonyl (C=O) groups is 1. The van der Waals surface area contributed by atoms with E-state index >= 15 is 0 Å². The molecule has 0 saturated heterocycles. The molecule has 0 heterocycles. The Morgan fingerprint density at radius 2 is 2.21 bits per heavy atom. The number of rotatable bonds is 6. The van der Waals surface area contributed by atoms with Gasteiger partial charge in [0.25, 0.3) is 0 Å². The van der Waals surface area contributed by atoms with E-state index in [0.29, 0.717) is 17.9 Å². The molecule has 0 unspecified atom stereocenters. The maximum absolute atomic E-state index is 13.8. The minimum Gasteiger partial charge on any atom is -0.465 e. The van der Waals surface area contributed by atoms with Crippen molar-refractivity contribution >= 4 is 17.7 Å². The third kappa shape index (κ3) is 3.54. The summed E-state index contributed by atoms with van der Waals surface area (Å²) in [4.78, 5) is 11.7. The minimum absolute atomic E-state index is 0.0890. The molecular formula is C14H18FNO3. The number of halogens is 1. The summed E-state index contributed by atoms with van der Waals surface area (Å²) in [7, 11) is 2.78.